The van der Waals surface area contributed by atoms with Crippen molar-refractivity contribution in [1.29, 1.82) is 0 Å². The van der Waals surface area contributed by atoms with E-state index in [1.165, 1.54) is 25.7 Å². The summed E-state index contributed by atoms with van der Waals surface area (Å²) in [7, 11) is 0. The summed E-state index contributed by atoms with van der Waals surface area (Å²) >= 11 is 0. The fourth-order valence-corrected chi connectivity index (χ4v) is 4.73. The number of carbonyl (C=O) groups is 1. The number of allylic oxidation sites excluding steroid dienone is 9. The number of ether oxygens (including phenoxy) is 4. The average Bonchev–Trinajstić information content (AvgIpc) is 3.05. The first-order valence-electron chi connectivity index (χ1n) is 17.4. The Morgan fingerprint density at radius 2 is 1.28 bits per heavy atom. The zero-order valence-corrected chi connectivity index (χ0v) is 28.3. The van der Waals surface area contributed by atoms with Crippen LogP contribution in [0.3, 0.4) is 0 Å². The minimum atomic E-state index is -1.55. The predicted octanol–water partition coefficient (Wildman–Crippen LogP) is 6.01. The van der Waals surface area contributed by atoms with E-state index >= 15 is 0 Å². The summed E-state index contributed by atoms with van der Waals surface area (Å²) in [6.07, 6.45) is 27.2. The molecule has 1 aliphatic heterocycles. The summed E-state index contributed by atoms with van der Waals surface area (Å²) in [6.45, 7) is 4.13. The highest BCUT2D eigenvalue weighted by molar-refractivity contribution is 5.69. The Balaban J connectivity index is 2.41. The molecule has 6 atom stereocenters. The maximum absolute atomic E-state index is 12.5. The number of aliphatic hydroxyl groups is 4. The molecule has 1 saturated heterocycles. The second-order valence-corrected chi connectivity index (χ2v) is 11.6. The van der Waals surface area contributed by atoms with Crippen LogP contribution in [0.2, 0.25) is 0 Å². The van der Waals surface area contributed by atoms with Crippen molar-refractivity contribution < 1.29 is 44.2 Å². The van der Waals surface area contributed by atoms with E-state index in [1.807, 2.05) is 6.08 Å². The van der Waals surface area contributed by atoms with Crippen molar-refractivity contribution in [3.05, 3.63) is 60.8 Å². The number of aliphatic hydroxyl groups excluding tert-OH is 4. The standard InChI is InChI=1S/C37H62O9/c1-3-5-7-9-11-12-13-14-15-16-17-18-19-21-23-25-27-43-29-31(45-33(39)26-24-22-20-10-8-6-4-2)30-44-37-36(42)35(41)34(40)32(28-38)46-37/h5,7,11-12,14-15,17-18,21,23,31-32,34-38,40-42H,3-4,6,8-10,13,16,19-20,22,24-30H2,1-2H3/b7-5-,12-11-,15-14-,18-17-,23-21-. The molecule has 0 spiro atoms. The van der Waals surface area contributed by atoms with Crippen LogP contribution in [0.4, 0.5) is 0 Å². The lowest BCUT2D eigenvalue weighted by atomic mass is 9.99. The molecule has 1 rings (SSSR count). The molecule has 0 aromatic carbocycles. The Morgan fingerprint density at radius 3 is 1.87 bits per heavy atom. The molecule has 6 unspecified atom stereocenters. The summed E-state index contributed by atoms with van der Waals surface area (Å²) in [6, 6.07) is 0. The SMILES string of the molecule is CC/C=C\C/C=C\C/C=C\C/C=C\C/C=C\CCOCC(COC1OC(CO)C(O)C(O)C1O)OC(=O)CCCCCCCCC. The summed E-state index contributed by atoms with van der Waals surface area (Å²) in [5.41, 5.74) is 0. The minimum Gasteiger partial charge on any atom is -0.457 e. The van der Waals surface area contributed by atoms with Gasteiger partial charge in [-0.1, -0.05) is 113 Å². The smallest absolute Gasteiger partial charge is 0.306 e. The fourth-order valence-electron chi connectivity index (χ4n) is 4.73. The molecule has 0 aliphatic carbocycles. The van der Waals surface area contributed by atoms with Gasteiger partial charge < -0.3 is 39.4 Å². The zero-order valence-electron chi connectivity index (χ0n) is 28.3. The first-order valence-corrected chi connectivity index (χ1v) is 17.4. The molecule has 0 bridgehead atoms. The van der Waals surface area contributed by atoms with Crippen molar-refractivity contribution in [2.24, 2.45) is 0 Å². The molecule has 46 heavy (non-hydrogen) atoms. The predicted molar refractivity (Wildman–Crippen MR) is 182 cm³/mol. The van der Waals surface area contributed by atoms with Gasteiger partial charge in [-0.05, 0) is 44.9 Å². The molecular weight excluding hydrogens is 588 g/mol. The van der Waals surface area contributed by atoms with Crippen LogP contribution in [-0.4, -0.2) is 89.6 Å². The number of hydrogen-bond donors (Lipinski definition) is 4. The molecule has 0 aromatic rings. The lowest BCUT2D eigenvalue weighted by Gasteiger charge is -2.39. The maximum Gasteiger partial charge on any atom is 0.306 e. The van der Waals surface area contributed by atoms with Crippen LogP contribution in [0.1, 0.15) is 104 Å². The van der Waals surface area contributed by atoms with Crippen LogP contribution >= 0.6 is 0 Å². The Kier molecular flexibility index (Phi) is 26.5. The van der Waals surface area contributed by atoms with Gasteiger partial charge in [0, 0.05) is 6.42 Å². The van der Waals surface area contributed by atoms with Crippen LogP contribution < -0.4 is 0 Å². The molecule has 9 nitrogen and oxygen atoms in total. The first-order chi connectivity index (χ1) is 22.4. The van der Waals surface area contributed by atoms with Gasteiger partial charge in [-0.2, -0.15) is 0 Å². The summed E-state index contributed by atoms with van der Waals surface area (Å²) in [5.74, 6) is -0.350. The molecule has 9 heteroatoms. The number of carbonyl (C=O) groups excluding carboxylic acids is 1. The van der Waals surface area contributed by atoms with Crippen molar-refractivity contribution in [1.82, 2.24) is 0 Å². The molecule has 1 aliphatic rings. The molecule has 4 N–H and O–H groups in total. The molecule has 0 aromatic heterocycles. The molecule has 264 valence electrons. The topological polar surface area (TPSA) is 135 Å². The Morgan fingerprint density at radius 1 is 0.717 bits per heavy atom. The van der Waals surface area contributed by atoms with Crippen LogP contribution in [0.15, 0.2) is 60.8 Å². The third-order valence-electron chi connectivity index (χ3n) is 7.47. The van der Waals surface area contributed by atoms with E-state index < -0.39 is 43.4 Å². The van der Waals surface area contributed by atoms with Gasteiger partial charge in [-0.3, -0.25) is 4.79 Å². The molecular formula is C37H62O9. The zero-order chi connectivity index (χ0) is 33.7. The Labute approximate surface area is 277 Å². The quantitative estimate of drug-likeness (QED) is 0.0479. The van der Waals surface area contributed by atoms with Gasteiger partial charge in [-0.25, -0.2) is 0 Å². The van der Waals surface area contributed by atoms with Gasteiger partial charge in [-0.15, -0.1) is 0 Å². The van der Waals surface area contributed by atoms with Gasteiger partial charge >= 0.3 is 5.97 Å². The van der Waals surface area contributed by atoms with Crippen LogP contribution in [0.5, 0.6) is 0 Å². The largest absolute Gasteiger partial charge is 0.457 e. The number of hydrogen-bond acceptors (Lipinski definition) is 9. The van der Waals surface area contributed by atoms with E-state index in [1.54, 1.807) is 0 Å². The third kappa shape index (κ3) is 20.9. The van der Waals surface area contributed by atoms with E-state index in [0.717, 1.165) is 51.4 Å². The van der Waals surface area contributed by atoms with Crippen molar-refractivity contribution in [3.8, 4) is 0 Å². The second kappa shape index (κ2) is 29.1. The maximum atomic E-state index is 12.5. The summed E-state index contributed by atoms with van der Waals surface area (Å²) in [5, 5.41) is 39.7. The van der Waals surface area contributed by atoms with E-state index in [2.05, 4.69) is 68.5 Å². The van der Waals surface area contributed by atoms with E-state index in [0.29, 0.717) is 19.4 Å². The average molecular weight is 651 g/mol. The Bertz CT molecular complexity index is 880. The molecule has 1 fully saturated rings. The monoisotopic (exact) mass is 650 g/mol. The van der Waals surface area contributed by atoms with Gasteiger partial charge in [0.1, 0.15) is 30.5 Å². The van der Waals surface area contributed by atoms with Gasteiger partial charge in [0.05, 0.1) is 26.4 Å². The highest BCUT2D eigenvalue weighted by Crippen LogP contribution is 2.22. The van der Waals surface area contributed by atoms with Crippen molar-refractivity contribution in [2.45, 2.75) is 141 Å². The van der Waals surface area contributed by atoms with Crippen molar-refractivity contribution in [2.75, 3.05) is 26.4 Å². The summed E-state index contributed by atoms with van der Waals surface area (Å²) < 4.78 is 22.4. The highest BCUT2D eigenvalue weighted by atomic mass is 16.7. The van der Waals surface area contributed by atoms with E-state index in [4.69, 9.17) is 18.9 Å². The molecule has 0 saturated carbocycles. The van der Waals surface area contributed by atoms with Gasteiger partial charge in [0.2, 0.25) is 0 Å². The lowest BCUT2D eigenvalue weighted by Crippen LogP contribution is -2.59. The van der Waals surface area contributed by atoms with Crippen LogP contribution in [-0.2, 0) is 23.7 Å². The number of rotatable bonds is 27. The third-order valence-corrected chi connectivity index (χ3v) is 7.47. The highest BCUT2D eigenvalue weighted by Gasteiger charge is 2.44. The minimum absolute atomic E-state index is 0.0882. The second-order valence-electron chi connectivity index (χ2n) is 11.6. The normalized spacial score (nSPS) is 23.1. The van der Waals surface area contributed by atoms with E-state index in [-0.39, 0.29) is 19.2 Å². The van der Waals surface area contributed by atoms with E-state index in [9.17, 15) is 25.2 Å². The number of unbranched alkanes of at least 4 members (excludes halogenated alkanes) is 6. The molecule has 0 amide bonds. The van der Waals surface area contributed by atoms with Crippen LogP contribution in [0, 0.1) is 0 Å². The van der Waals surface area contributed by atoms with Crippen LogP contribution in [0.25, 0.3) is 0 Å². The van der Waals surface area contributed by atoms with Crippen molar-refractivity contribution in [3.63, 3.8) is 0 Å². The molecule has 0 radical (unpaired) electrons. The van der Waals surface area contributed by atoms with Gasteiger partial charge in [0.15, 0.2) is 6.29 Å². The van der Waals surface area contributed by atoms with Crippen molar-refractivity contribution >= 4 is 5.97 Å². The summed E-state index contributed by atoms with van der Waals surface area (Å²) in [4.78, 5) is 12.5. The fraction of sp³-hybridized carbons (Fsp3) is 0.703. The molecule has 1 heterocycles. The number of esters is 1. The Hall–Kier alpha value is -2.11. The lowest BCUT2D eigenvalue weighted by molar-refractivity contribution is -0.305. The van der Waals surface area contributed by atoms with Gasteiger partial charge in [0.25, 0.3) is 0 Å². The first kappa shape index (κ1) is 41.9.